The van der Waals surface area contributed by atoms with Crippen molar-refractivity contribution in [1.29, 1.82) is 0 Å². The molecular formula is C10H10Mg. The predicted octanol–water partition coefficient (Wildman–Crippen LogP) is 1.92. The molecule has 0 atom stereocenters. The average Bonchev–Trinajstić information content (AvgIpc) is 2.05. The summed E-state index contributed by atoms with van der Waals surface area (Å²) in [6.45, 7) is 0. The summed E-state index contributed by atoms with van der Waals surface area (Å²) in [6, 6.07) is 16.7. The summed E-state index contributed by atoms with van der Waals surface area (Å²) in [5.74, 6) is 0. The third kappa shape index (κ3) is 1.73. The minimum Gasteiger partial charge on any atom is -0.0616 e. The van der Waals surface area contributed by atoms with E-state index >= 15 is 0 Å². The van der Waals surface area contributed by atoms with Gasteiger partial charge in [-0.2, -0.15) is 0 Å². The van der Waals surface area contributed by atoms with Crippen LogP contribution in [0.1, 0.15) is 0 Å². The van der Waals surface area contributed by atoms with E-state index in [9.17, 15) is 0 Å². The van der Waals surface area contributed by atoms with Gasteiger partial charge in [0.25, 0.3) is 0 Å². The maximum atomic E-state index is 2.12. The first-order valence-electron chi connectivity index (χ1n) is 3.40. The van der Waals surface area contributed by atoms with E-state index in [4.69, 9.17) is 0 Å². The Morgan fingerprint density at radius 3 is 1.09 bits per heavy atom. The SMILES string of the molecule is [MgH2].c1ccc2ccccc2c1. The smallest absolute Gasteiger partial charge is 0.0616 e. The second-order valence-electron chi connectivity index (χ2n) is 2.35. The Labute approximate surface area is 82.4 Å². The van der Waals surface area contributed by atoms with Crippen molar-refractivity contribution in [2.75, 3.05) is 0 Å². The molecule has 2 aromatic carbocycles. The van der Waals surface area contributed by atoms with Crippen molar-refractivity contribution in [1.82, 2.24) is 0 Å². The monoisotopic (exact) mass is 154 g/mol. The van der Waals surface area contributed by atoms with Gasteiger partial charge >= 0.3 is 23.1 Å². The van der Waals surface area contributed by atoms with E-state index in [0.717, 1.165) is 0 Å². The van der Waals surface area contributed by atoms with Crippen LogP contribution in [-0.4, -0.2) is 23.1 Å². The minimum absolute atomic E-state index is 0. The van der Waals surface area contributed by atoms with Gasteiger partial charge in [0.05, 0.1) is 0 Å². The molecule has 0 spiro atoms. The summed E-state index contributed by atoms with van der Waals surface area (Å²) in [4.78, 5) is 0. The molecule has 0 saturated heterocycles. The summed E-state index contributed by atoms with van der Waals surface area (Å²) in [7, 11) is 0. The summed E-state index contributed by atoms with van der Waals surface area (Å²) >= 11 is 0. The summed E-state index contributed by atoms with van der Waals surface area (Å²) in [6.07, 6.45) is 0. The maximum absolute atomic E-state index is 2.12. The van der Waals surface area contributed by atoms with Crippen LogP contribution in [0.25, 0.3) is 10.8 Å². The number of fused-ring (bicyclic) bond motifs is 1. The standard InChI is InChI=1S/C10H8.Mg.2H/c1-2-6-10-8-4-3-7-9(10)5-1;;;/h1-8H;;;. The van der Waals surface area contributed by atoms with Gasteiger partial charge in [-0.1, -0.05) is 48.5 Å². The van der Waals surface area contributed by atoms with E-state index in [-0.39, 0.29) is 23.1 Å². The first kappa shape index (κ1) is 8.56. The zero-order valence-corrected chi connectivity index (χ0v) is 5.62. The van der Waals surface area contributed by atoms with Crippen LogP contribution in [0.3, 0.4) is 0 Å². The summed E-state index contributed by atoms with van der Waals surface area (Å²) in [5.41, 5.74) is 0. The molecule has 0 saturated carbocycles. The van der Waals surface area contributed by atoms with Crippen molar-refractivity contribution in [3.63, 3.8) is 0 Å². The molecule has 0 nitrogen and oxygen atoms in total. The van der Waals surface area contributed by atoms with Crippen LogP contribution in [0.15, 0.2) is 48.5 Å². The topological polar surface area (TPSA) is 0 Å². The largest absolute Gasteiger partial charge is 0.316 e. The first-order chi connectivity index (χ1) is 4.97. The summed E-state index contributed by atoms with van der Waals surface area (Å²) < 4.78 is 0. The van der Waals surface area contributed by atoms with Gasteiger partial charge in [-0.15, -0.1) is 0 Å². The zero-order chi connectivity index (χ0) is 6.81. The molecule has 0 radical (unpaired) electrons. The van der Waals surface area contributed by atoms with Gasteiger partial charge in [-0.3, -0.25) is 0 Å². The lowest BCUT2D eigenvalue weighted by Crippen LogP contribution is -1.67. The second-order valence-corrected chi connectivity index (χ2v) is 2.35. The lowest BCUT2D eigenvalue weighted by atomic mass is 10.1. The molecule has 0 amide bonds. The van der Waals surface area contributed by atoms with Crippen LogP contribution in [0, 0.1) is 0 Å². The molecule has 1 heteroatoms. The molecule has 2 rings (SSSR count). The fraction of sp³-hybridized carbons (Fsp3) is 0. The molecule has 0 unspecified atom stereocenters. The van der Waals surface area contributed by atoms with Gasteiger partial charge in [-0.05, 0) is 10.8 Å². The number of hydrogen-bond acceptors (Lipinski definition) is 0. The van der Waals surface area contributed by atoms with Gasteiger partial charge in [0, 0.05) is 0 Å². The van der Waals surface area contributed by atoms with E-state index in [1.54, 1.807) is 0 Å². The molecule has 0 aliphatic carbocycles. The quantitative estimate of drug-likeness (QED) is 0.509. The first-order valence-corrected chi connectivity index (χ1v) is 3.40. The van der Waals surface area contributed by atoms with Crippen LogP contribution in [0.5, 0.6) is 0 Å². The zero-order valence-electron chi connectivity index (χ0n) is 5.62. The van der Waals surface area contributed by atoms with Crippen LogP contribution in [-0.2, 0) is 0 Å². The maximum Gasteiger partial charge on any atom is 0.316 e. The lowest BCUT2D eigenvalue weighted by Gasteiger charge is -1.92. The average molecular weight is 154 g/mol. The van der Waals surface area contributed by atoms with E-state index in [2.05, 4.69) is 48.5 Å². The number of hydrogen-bond donors (Lipinski definition) is 0. The molecule has 52 valence electrons. The third-order valence-corrected chi connectivity index (χ3v) is 1.66. The molecular weight excluding hydrogens is 144 g/mol. The molecule has 0 aliphatic heterocycles. The van der Waals surface area contributed by atoms with Crippen LogP contribution in [0.2, 0.25) is 0 Å². The van der Waals surface area contributed by atoms with Crippen LogP contribution >= 0.6 is 0 Å². The molecule has 2 aromatic rings. The fourth-order valence-electron chi connectivity index (χ4n) is 1.13. The lowest BCUT2D eigenvalue weighted by molar-refractivity contribution is 1.75. The van der Waals surface area contributed by atoms with Gasteiger partial charge in [0.1, 0.15) is 0 Å². The van der Waals surface area contributed by atoms with E-state index in [1.165, 1.54) is 10.8 Å². The normalized spacial score (nSPS) is 9.09. The Morgan fingerprint density at radius 1 is 0.545 bits per heavy atom. The molecule has 0 aromatic heterocycles. The Kier molecular flexibility index (Phi) is 2.91. The van der Waals surface area contributed by atoms with Gasteiger partial charge in [0.2, 0.25) is 0 Å². The number of benzene rings is 2. The second kappa shape index (κ2) is 3.74. The Morgan fingerprint density at radius 2 is 0.818 bits per heavy atom. The van der Waals surface area contributed by atoms with Crippen molar-refractivity contribution in [2.24, 2.45) is 0 Å². The Bertz CT molecular complexity index is 276. The van der Waals surface area contributed by atoms with Crippen molar-refractivity contribution in [2.45, 2.75) is 0 Å². The highest BCUT2D eigenvalue weighted by Crippen LogP contribution is 2.11. The fourth-order valence-corrected chi connectivity index (χ4v) is 1.13. The van der Waals surface area contributed by atoms with Crippen molar-refractivity contribution < 1.29 is 0 Å². The van der Waals surface area contributed by atoms with Gasteiger partial charge < -0.3 is 0 Å². The van der Waals surface area contributed by atoms with Crippen molar-refractivity contribution in [3.8, 4) is 0 Å². The molecule has 0 N–H and O–H groups in total. The van der Waals surface area contributed by atoms with Crippen LogP contribution < -0.4 is 0 Å². The highest BCUT2D eigenvalue weighted by molar-refractivity contribution is 5.81. The van der Waals surface area contributed by atoms with Gasteiger partial charge in [-0.25, -0.2) is 0 Å². The van der Waals surface area contributed by atoms with E-state index in [0.29, 0.717) is 0 Å². The molecule has 0 bridgehead atoms. The van der Waals surface area contributed by atoms with Crippen molar-refractivity contribution in [3.05, 3.63) is 48.5 Å². The van der Waals surface area contributed by atoms with E-state index < -0.39 is 0 Å². The van der Waals surface area contributed by atoms with Gasteiger partial charge in [0.15, 0.2) is 0 Å². The highest BCUT2D eigenvalue weighted by Gasteiger charge is 1.85. The minimum atomic E-state index is 0. The van der Waals surface area contributed by atoms with Crippen molar-refractivity contribution >= 4 is 33.8 Å². The van der Waals surface area contributed by atoms with E-state index in [1.807, 2.05) is 0 Å². The Hall–Kier alpha value is -0.534. The molecule has 11 heavy (non-hydrogen) atoms. The molecule has 0 fully saturated rings. The summed E-state index contributed by atoms with van der Waals surface area (Å²) in [5, 5.41) is 2.62. The molecule has 0 heterocycles. The predicted molar refractivity (Wildman–Crippen MR) is 52.5 cm³/mol. The number of rotatable bonds is 0. The molecule has 0 aliphatic rings. The Balaban J connectivity index is 0.000000605. The third-order valence-electron chi connectivity index (χ3n) is 1.66. The highest BCUT2D eigenvalue weighted by atomic mass is 24.3. The van der Waals surface area contributed by atoms with Crippen LogP contribution in [0.4, 0.5) is 0 Å².